The Kier molecular flexibility index (Phi) is 9.14. The zero-order valence-electron chi connectivity index (χ0n) is 18.5. The summed E-state index contributed by atoms with van der Waals surface area (Å²) in [7, 11) is 3.25. The predicted octanol–water partition coefficient (Wildman–Crippen LogP) is 3.12. The van der Waals surface area contributed by atoms with Gasteiger partial charge in [0.2, 0.25) is 0 Å². The Bertz CT molecular complexity index is 875. The SMILES string of the molecule is CC(C)C(=O)O.COc1ccc(C(=Nc2cc(OC)ccc2O)N2CCNCC2)cc1. The van der Waals surface area contributed by atoms with Gasteiger partial charge in [0.1, 0.15) is 28.8 Å². The average molecular weight is 430 g/mol. The molecule has 1 heterocycles. The summed E-state index contributed by atoms with van der Waals surface area (Å²) in [5.74, 6) is 1.44. The molecule has 1 fully saturated rings. The number of phenolic OH excluding ortho intramolecular Hbond substituents is 1. The van der Waals surface area contributed by atoms with E-state index in [1.165, 1.54) is 0 Å². The van der Waals surface area contributed by atoms with Gasteiger partial charge >= 0.3 is 5.97 Å². The van der Waals surface area contributed by atoms with Gasteiger partial charge in [-0.25, -0.2) is 4.99 Å². The molecule has 3 rings (SSSR count). The van der Waals surface area contributed by atoms with Gasteiger partial charge in [0.15, 0.2) is 0 Å². The molecule has 8 nitrogen and oxygen atoms in total. The van der Waals surface area contributed by atoms with Crippen LogP contribution in [0.4, 0.5) is 5.69 Å². The van der Waals surface area contributed by atoms with Crippen molar-refractivity contribution in [3.8, 4) is 17.2 Å². The summed E-state index contributed by atoms with van der Waals surface area (Å²) in [5, 5.41) is 21.5. The maximum absolute atomic E-state index is 10.2. The van der Waals surface area contributed by atoms with Gasteiger partial charge in [-0.15, -0.1) is 0 Å². The van der Waals surface area contributed by atoms with Crippen molar-refractivity contribution >= 4 is 17.5 Å². The first-order valence-electron chi connectivity index (χ1n) is 10.1. The summed E-state index contributed by atoms with van der Waals surface area (Å²) in [6, 6.07) is 12.8. The van der Waals surface area contributed by atoms with Crippen molar-refractivity contribution in [1.82, 2.24) is 10.2 Å². The number of hydrogen-bond donors (Lipinski definition) is 3. The van der Waals surface area contributed by atoms with Crippen LogP contribution in [0.25, 0.3) is 0 Å². The molecule has 31 heavy (non-hydrogen) atoms. The van der Waals surface area contributed by atoms with E-state index < -0.39 is 5.97 Å². The highest BCUT2D eigenvalue weighted by Crippen LogP contribution is 2.31. The minimum absolute atomic E-state index is 0.127. The quantitative estimate of drug-likeness (QED) is 0.496. The molecule has 1 aliphatic rings. The van der Waals surface area contributed by atoms with Crippen LogP contribution in [0.15, 0.2) is 47.5 Å². The van der Waals surface area contributed by atoms with Crippen LogP contribution in [0.1, 0.15) is 19.4 Å². The molecule has 1 aliphatic heterocycles. The number of ether oxygens (including phenoxy) is 2. The van der Waals surface area contributed by atoms with Crippen molar-refractivity contribution in [2.45, 2.75) is 13.8 Å². The summed E-state index contributed by atoms with van der Waals surface area (Å²) in [4.78, 5) is 16.7. The summed E-state index contributed by atoms with van der Waals surface area (Å²) >= 11 is 0. The molecular formula is C23H31N3O5. The number of carbonyl (C=O) groups is 1. The number of piperazine rings is 1. The van der Waals surface area contributed by atoms with Gasteiger partial charge in [0, 0.05) is 37.8 Å². The molecule has 0 atom stereocenters. The molecule has 0 unspecified atom stereocenters. The van der Waals surface area contributed by atoms with E-state index in [4.69, 9.17) is 19.6 Å². The minimum atomic E-state index is -0.741. The summed E-state index contributed by atoms with van der Waals surface area (Å²) < 4.78 is 10.5. The molecule has 0 spiro atoms. The number of benzene rings is 2. The van der Waals surface area contributed by atoms with Crippen molar-refractivity contribution in [3.63, 3.8) is 0 Å². The Balaban J connectivity index is 0.000000501. The summed E-state index contributed by atoms with van der Waals surface area (Å²) in [5.41, 5.74) is 1.47. The monoisotopic (exact) mass is 429 g/mol. The number of aliphatic imine (C=N–C) groups is 1. The van der Waals surface area contributed by atoms with Crippen molar-refractivity contribution in [2.75, 3.05) is 40.4 Å². The lowest BCUT2D eigenvalue weighted by Crippen LogP contribution is -2.46. The fraction of sp³-hybridized carbons (Fsp3) is 0.391. The van der Waals surface area contributed by atoms with E-state index >= 15 is 0 Å². The van der Waals surface area contributed by atoms with Crippen LogP contribution in [0.3, 0.4) is 0 Å². The van der Waals surface area contributed by atoms with Crippen molar-refractivity contribution in [1.29, 1.82) is 0 Å². The topological polar surface area (TPSA) is 104 Å². The first-order valence-corrected chi connectivity index (χ1v) is 10.1. The van der Waals surface area contributed by atoms with Gasteiger partial charge in [-0.2, -0.15) is 0 Å². The van der Waals surface area contributed by atoms with Crippen LogP contribution in [-0.2, 0) is 4.79 Å². The maximum atomic E-state index is 10.2. The zero-order valence-corrected chi connectivity index (χ0v) is 18.5. The van der Waals surface area contributed by atoms with Crippen LogP contribution in [0, 0.1) is 5.92 Å². The second-order valence-corrected chi connectivity index (χ2v) is 7.25. The molecule has 8 heteroatoms. The Morgan fingerprint density at radius 3 is 2.10 bits per heavy atom. The van der Waals surface area contributed by atoms with E-state index in [9.17, 15) is 9.90 Å². The van der Waals surface area contributed by atoms with Gasteiger partial charge in [0.25, 0.3) is 0 Å². The largest absolute Gasteiger partial charge is 0.506 e. The third-order valence-electron chi connectivity index (χ3n) is 4.67. The summed E-state index contributed by atoms with van der Waals surface area (Å²) in [6.45, 7) is 6.80. The number of rotatable bonds is 5. The fourth-order valence-electron chi connectivity index (χ4n) is 2.77. The molecular weight excluding hydrogens is 398 g/mol. The smallest absolute Gasteiger partial charge is 0.305 e. The third-order valence-corrected chi connectivity index (χ3v) is 4.67. The molecule has 0 amide bonds. The molecule has 168 valence electrons. The summed E-state index contributed by atoms with van der Waals surface area (Å²) in [6.07, 6.45) is 0. The number of methoxy groups -OCH3 is 2. The Morgan fingerprint density at radius 2 is 1.58 bits per heavy atom. The number of nitrogens with one attached hydrogen (secondary N) is 1. The third kappa shape index (κ3) is 7.18. The lowest BCUT2D eigenvalue weighted by atomic mass is 10.1. The highest BCUT2D eigenvalue weighted by molar-refractivity contribution is 6.00. The number of nitrogens with zero attached hydrogens (tertiary/aromatic N) is 2. The van der Waals surface area contributed by atoms with Crippen LogP contribution in [-0.4, -0.2) is 67.3 Å². The number of aromatic hydroxyl groups is 1. The van der Waals surface area contributed by atoms with Crippen LogP contribution in [0.2, 0.25) is 0 Å². The second-order valence-electron chi connectivity index (χ2n) is 7.25. The number of carboxylic acids is 1. The van der Waals surface area contributed by atoms with E-state index in [1.54, 1.807) is 46.3 Å². The zero-order chi connectivity index (χ0) is 22.8. The van der Waals surface area contributed by atoms with Crippen molar-refractivity contribution in [2.24, 2.45) is 10.9 Å². The first kappa shape index (κ1) is 24.0. The van der Waals surface area contributed by atoms with Gasteiger partial charge in [0.05, 0.1) is 20.1 Å². The molecule has 0 aromatic heterocycles. The minimum Gasteiger partial charge on any atom is -0.506 e. The molecule has 0 aliphatic carbocycles. The van der Waals surface area contributed by atoms with Crippen LogP contribution < -0.4 is 14.8 Å². The number of aliphatic carboxylic acids is 1. The number of carboxylic acid groups (broad SMARTS) is 1. The van der Waals surface area contributed by atoms with Crippen LogP contribution in [0.5, 0.6) is 17.2 Å². The molecule has 2 aromatic rings. The number of hydrogen-bond acceptors (Lipinski definition) is 6. The second kappa shape index (κ2) is 11.8. The standard InChI is InChI=1S/C19H23N3O3.C4H8O2/c1-24-15-5-3-14(4-6-15)19(22-11-9-20-10-12-22)21-17-13-16(25-2)7-8-18(17)23;1-3(2)4(5)6/h3-8,13,20,23H,9-12H2,1-2H3;3H,1-2H3,(H,5,6). The van der Waals surface area contributed by atoms with Gasteiger partial charge in [-0.3, -0.25) is 4.79 Å². The van der Waals surface area contributed by atoms with Crippen LogP contribution >= 0.6 is 0 Å². The average Bonchev–Trinajstić information content (AvgIpc) is 2.79. The highest BCUT2D eigenvalue weighted by Gasteiger charge is 2.17. The normalized spacial score (nSPS) is 14.0. The number of phenols is 1. The van der Waals surface area contributed by atoms with E-state index in [0.717, 1.165) is 43.3 Å². The van der Waals surface area contributed by atoms with E-state index in [2.05, 4.69) is 10.2 Å². The Hall–Kier alpha value is -3.26. The Morgan fingerprint density at radius 1 is 1.03 bits per heavy atom. The van der Waals surface area contributed by atoms with E-state index in [-0.39, 0.29) is 11.7 Å². The molecule has 2 aromatic carbocycles. The van der Waals surface area contributed by atoms with Gasteiger partial charge in [-0.05, 0) is 36.4 Å². The lowest BCUT2D eigenvalue weighted by Gasteiger charge is -2.30. The van der Waals surface area contributed by atoms with E-state index in [0.29, 0.717) is 11.4 Å². The van der Waals surface area contributed by atoms with Gasteiger partial charge in [-0.1, -0.05) is 13.8 Å². The lowest BCUT2D eigenvalue weighted by molar-refractivity contribution is -0.140. The molecule has 0 radical (unpaired) electrons. The number of amidine groups is 1. The molecule has 1 saturated heterocycles. The molecule has 0 bridgehead atoms. The highest BCUT2D eigenvalue weighted by atomic mass is 16.5. The van der Waals surface area contributed by atoms with Crippen molar-refractivity contribution in [3.05, 3.63) is 48.0 Å². The van der Waals surface area contributed by atoms with E-state index in [1.807, 2.05) is 24.3 Å². The predicted molar refractivity (Wildman–Crippen MR) is 121 cm³/mol. The Labute approximate surface area is 183 Å². The first-order chi connectivity index (χ1) is 14.8. The molecule has 0 saturated carbocycles. The maximum Gasteiger partial charge on any atom is 0.305 e. The van der Waals surface area contributed by atoms with Gasteiger partial charge < -0.3 is 29.9 Å². The molecule has 3 N–H and O–H groups in total. The van der Waals surface area contributed by atoms with Crippen molar-refractivity contribution < 1.29 is 24.5 Å². The fourth-order valence-corrected chi connectivity index (χ4v) is 2.77.